The molecular formula is C38H50ClFN6O2. The van der Waals surface area contributed by atoms with Crippen molar-refractivity contribution >= 4 is 34.3 Å². The van der Waals surface area contributed by atoms with E-state index in [1.165, 1.54) is 31.4 Å². The van der Waals surface area contributed by atoms with E-state index in [-0.39, 0.29) is 17.9 Å². The van der Waals surface area contributed by atoms with Gasteiger partial charge in [-0.25, -0.2) is 4.39 Å². The second-order valence-electron chi connectivity index (χ2n) is 15.3. The third kappa shape index (κ3) is 6.15. The standard InChI is InChI=1S/C38H50ClFN6O2/c1-6-34(26-12-31(13-26)45-20-28-18-44(24(4)47)19-29(28)21-45)43-10-9-25(17-43)11-27-22-46(36-16-41-15-33(39)37(27)36)35-8-7-30(40)14-32(35)38(48)42(5)23(2)3/h7-8,14-16,22-23,25-26,28-29,31,34H,6,9-13,17-21H2,1-5H3/t25-,26-,28+,29+,31+,34?/m0/s1. The Hall–Kier alpha value is -3.01. The van der Waals surface area contributed by atoms with E-state index in [1.807, 2.05) is 23.3 Å². The van der Waals surface area contributed by atoms with Gasteiger partial charge in [0.15, 0.2) is 0 Å². The average molecular weight is 677 g/mol. The van der Waals surface area contributed by atoms with Gasteiger partial charge in [-0.15, -0.1) is 0 Å². The first-order chi connectivity index (χ1) is 23.0. The van der Waals surface area contributed by atoms with Gasteiger partial charge in [0.1, 0.15) is 5.82 Å². The molecular weight excluding hydrogens is 627 g/mol. The third-order valence-corrected chi connectivity index (χ3v) is 12.5. The number of pyridine rings is 1. The summed E-state index contributed by atoms with van der Waals surface area (Å²) in [7, 11) is 1.75. The van der Waals surface area contributed by atoms with Crippen molar-refractivity contribution in [3.05, 3.63) is 58.8 Å². The molecule has 3 aromatic rings. The van der Waals surface area contributed by atoms with Crippen LogP contribution >= 0.6 is 11.6 Å². The van der Waals surface area contributed by atoms with Gasteiger partial charge in [-0.3, -0.25) is 24.4 Å². The molecule has 2 aromatic heterocycles. The molecule has 5 heterocycles. The van der Waals surface area contributed by atoms with Crippen LogP contribution in [-0.4, -0.2) is 105 Å². The number of carbonyl (C=O) groups excluding carboxylic acids is 2. The highest BCUT2D eigenvalue weighted by Crippen LogP contribution is 2.43. The Morgan fingerprint density at radius 2 is 1.81 bits per heavy atom. The number of aromatic nitrogens is 2. The van der Waals surface area contributed by atoms with Gasteiger partial charge in [-0.1, -0.05) is 18.5 Å². The Kier molecular flexibility index (Phi) is 9.32. The summed E-state index contributed by atoms with van der Waals surface area (Å²) in [6.07, 6.45) is 11.4. The molecule has 48 heavy (non-hydrogen) atoms. The minimum atomic E-state index is -0.439. The number of nitrogens with zero attached hydrogens (tertiary/aromatic N) is 6. The van der Waals surface area contributed by atoms with Gasteiger partial charge < -0.3 is 14.4 Å². The number of carbonyl (C=O) groups is 2. The second-order valence-corrected chi connectivity index (χ2v) is 15.7. The molecule has 0 spiro atoms. The molecule has 1 unspecified atom stereocenters. The third-order valence-electron chi connectivity index (χ3n) is 12.2. The summed E-state index contributed by atoms with van der Waals surface area (Å²) in [5.74, 6) is 2.12. The van der Waals surface area contributed by atoms with Gasteiger partial charge in [0.05, 0.1) is 28.0 Å². The van der Waals surface area contributed by atoms with Gasteiger partial charge in [0.2, 0.25) is 5.91 Å². The molecule has 258 valence electrons. The summed E-state index contributed by atoms with van der Waals surface area (Å²) in [5, 5.41) is 1.55. The van der Waals surface area contributed by atoms with Crippen LogP contribution in [0.15, 0.2) is 36.8 Å². The van der Waals surface area contributed by atoms with Crippen molar-refractivity contribution in [3.63, 3.8) is 0 Å². The molecule has 0 bridgehead atoms. The Balaban J connectivity index is 1.04. The van der Waals surface area contributed by atoms with E-state index in [2.05, 4.69) is 27.9 Å². The number of rotatable bonds is 9. The molecule has 1 aromatic carbocycles. The zero-order valence-corrected chi connectivity index (χ0v) is 29.8. The van der Waals surface area contributed by atoms with Crippen LogP contribution in [0.5, 0.6) is 0 Å². The molecule has 0 N–H and O–H groups in total. The van der Waals surface area contributed by atoms with E-state index in [1.54, 1.807) is 37.3 Å². The predicted octanol–water partition coefficient (Wildman–Crippen LogP) is 6.13. The van der Waals surface area contributed by atoms with E-state index in [0.29, 0.717) is 46.1 Å². The van der Waals surface area contributed by atoms with Gasteiger partial charge >= 0.3 is 0 Å². The molecule has 4 atom stereocenters. The smallest absolute Gasteiger partial charge is 0.256 e. The molecule has 4 aliphatic rings. The van der Waals surface area contributed by atoms with Crippen LogP contribution < -0.4 is 0 Å². The fourth-order valence-electron chi connectivity index (χ4n) is 9.24. The van der Waals surface area contributed by atoms with Crippen molar-refractivity contribution in [2.24, 2.45) is 23.7 Å². The number of benzene rings is 1. The highest BCUT2D eigenvalue weighted by Gasteiger charge is 2.47. The lowest BCUT2D eigenvalue weighted by Crippen LogP contribution is -2.52. The summed E-state index contributed by atoms with van der Waals surface area (Å²) < 4.78 is 16.5. The molecule has 1 aliphatic carbocycles. The first-order valence-electron chi connectivity index (χ1n) is 18.0. The monoisotopic (exact) mass is 676 g/mol. The summed E-state index contributed by atoms with van der Waals surface area (Å²) in [6.45, 7) is 14.3. The zero-order chi connectivity index (χ0) is 33.9. The van der Waals surface area contributed by atoms with E-state index in [0.717, 1.165) is 74.5 Å². The topological polar surface area (TPSA) is 64.9 Å². The number of fused-ring (bicyclic) bond motifs is 2. The Bertz CT molecular complexity index is 1670. The van der Waals surface area contributed by atoms with Crippen LogP contribution in [0.1, 0.15) is 69.3 Å². The van der Waals surface area contributed by atoms with Crippen LogP contribution in [0.4, 0.5) is 4.39 Å². The summed E-state index contributed by atoms with van der Waals surface area (Å²) >= 11 is 6.81. The largest absolute Gasteiger partial charge is 0.342 e. The Labute approximate surface area is 289 Å². The van der Waals surface area contributed by atoms with E-state index >= 15 is 0 Å². The molecule has 8 nitrogen and oxygen atoms in total. The molecule has 3 saturated heterocycles. The minimum absolute atomic E-state index is 0.0233. The van der Waals surface area contributed by atoms with E-state index in [9.17, 15) is 14.0 Å². The van der Waals surface area contributed by atoms with Crippen molar-refractivity contribution in [3.8, 4) is 5.69 Å². The first kappa shape index (κ1) is 33.5. The first-order valence-corrected chi connectivity index (χ1v) is 18.3. The quantitative estimate of drug-likeness (QED) is 0.273. The fraction of sp³-hybridized carbons (Fsp3) is 0.605. The minimum Gasteiger partial charge on any atom is -0.342 e. The summed E-state index contributed by atoms with van der Waals surface area (Å²) in [5.41, 5.74) is 2.92. The van der Waals surface area contributed by atoms with Crippen molar-refractivity contribution in [2.75, 3.05) is 46.3 Å². The number of hydrogen-bond acceptors (Lipinski definition) is 5. The zero-order valence-electron chi connectivity index (χ0n) is 29.0. The van der Waals surface area contributed by atoms with Crippen LogP contribution in [0.2, 0.25) is 5.02 Å². The van der Waals surface area contributed by atoms with Crippen LogP contribution in [0.25, 0.3) is 16.6 Å². The van der Waals surface area contributed by atoms with Gasteiger partial charge in [-0.2, -0.15) is 0 Å². The van der Waals surface area contributed by atoms with Gasteiger partial charge in [0, 0.05) is 82.6 Å². The highest BCUT2D eigenvalue weighted by molar-refractivity contribution is 6.35. The average Bonchev–Trinajstić information content (AvgIpc) is 3.82. The molecule has 0 radical (unpaired) electrons. The predicted molar refractivity (Wildman–Crippen MR) is 188 cm³/mol. The van der Waals surface area contributed by atoms with Crippen LogP contribution in [0, 0.1) is 29.5 Å². The van der Waals surface area contributed by atoms with Gasteiger partial charge in [-0.05, 0) is 99.9 Å². The maximum atomic E-state index is 14.5. The van der Waals surface area contributed by atoms with Crippen LogP contribution in [-0.2, 0) is 11.2 Å². The SMILES string of the molecule is CCC([C@H]1C[C@@H](N2C[C@H]3CN(C(C)=O)C[C@@H]3C2)C1)N1CC[C@@H](Cc2cn(-c3ccc(F)cc3C(=O)N(C)C(C)C)c3cncc(Cl)c23)C1. The van der Waals surface area contributed by atoms with E-state index in [4.69, 9.17) is 11.6 Å². The summed E-state index contributed by atoms with van der Waals surface area (Å²) in [4.78, 5) is 38.9. The lowest BCUT2D eigenvalue weighted by molar-refractivity contribution is -0.128. The van der Waals surface area contributed by atoms with E-state index < -0.39 is 5.82 Å². The Morgan fingerprint density at radius 1 is 1.08 bits per heavy atom. The molecule has 4 fully saturated rings. The Morgan fingerprint density at radius 3 is 2.48 bits per heavy atom. The van der Waals surface area contributed by atoms with Crippen molar-refractivity contribution < 1.29 is 14.0 Å². The maximum Gasteiger partial charge on any atom is 0.256 e. The second kappa shape index (κ2) is 13.4. The lowest BCUT2D eigenvalue weighted by atomic mass is 9.73. The normalized spacial score (nSPS) is 26.8. The molecule has 3 aliphatic heterocycles. The molecule has 1 saturated carbocycles. The van der Waals surface area contributed by atoms with Crippen molar-refractivity contribution in [2.45, 2.75) is 77.9 Å². The highest BCUT2D eigenvalue weighted by atomic mass is 35.5. The molecule has 2 amide bonds. The van der Waals surface area contributed by atoms with Crippen molar-refractivity contribution in [1.29, 1.82) is 0 Å². The van der Waals surface area contributed by atoms with Crippen molar-refractivity contribution in [1.82, 2.24) is 29.2 Å². The lowest BCUT2D eigenvalue weighted by Gasteiger charge is -2.47. The molecule has 7 rings (SSSR count). The maximum absolute atomic E-state index is 14.5. The molecule has 10 heteroatoms. The number of halogens is 2. The number of likely N-dealkylation sites (tertiary alicyclic amines) is 3. The summed E-state index contributed by atoms with van der Waals surface area (Å²) in [6, 6.07) is 5.72. The number of amides is 2. The number of hydrogen-bond donors (Lipinski definition) is 0. The fourth-order valence-corrected chi connectivity index (χ4v) is 9.52. The van der Waals surface area contributed by atoms with Gasteiger partial charge in [0.25, 0.3) is 5.91 Å². The van der Waals surface area contributed by atoms with Crippen LogP contribution in [0.3, 0.4) is 0 Å².